The maximum absolute atomic E-state index is 11.4. The van der Waals surface area contributed by atoms with E-state index in [1.54, 1.807) is 25.3 Å². The second-order valence-corrected chi connectivity index (χ2v) is 5.42. The van der Waals surface area contributed by atoms with Crippen LogP contribution in [0.3, 0.4) is 0 Å². The third-order valence-electron chi connectivity index (χ3n) is 3.77. The fraction of sp³-hybridized carbons (Fsp3) is 0.357. The largest absolute Gasteiger partial charge is 0.494 e. The van der Waals surface area contributed by atoms with Crippen molar-refractivity contribution < 1.29 is 14.6 Å². The van der Waals surface area contributed by atoms with Crippen molar-refractivity contribution in [3.8, 4) is 11.4 Å². The number of rotatable bonds is 4. The van der Waals surface area contributed by atoms with Crippen molar-refractivity contribution in [1.29, 1.82) is 0 Å². The molecular weight excluding hydrogens is 294 g/mol. The van der Waals surface area contributed by atoms with Crippen molar-refractivity contribution in [3.63, 3.8) is 0 Å². The van der Waals surface area contributed by atoms with E-state index in [0.717, 1.165) is 19.3 Å². The van der Waals surface area contributed by atoms with Crippen molar-refractivity contribution in [3.05, 3.63) is 34.6 Å². The zero-order valence-electron chi connectivity index (χ0n) is 11.4. The Morgan fingerprint density at radius 3 is 2.81 bits per heavy atom. The molecule has 1 N–H and O–H groups in total. The van der Waals surface area contributed by atoms with Gasteiger partial charge in [-0.25, -0.2) is 9.48 Å². The number of carbonyl (C=O) groups is 1. The van der Waals surface area contributed by atoms with Crippen molar-refractivity contribution in [1.82, 2.24) is 15.0 Å². The predicted octanol–water partition coefficient (Wildman–Crippen LogP) is 2.90. The first-order valence-corrected chi connectivity index (χ1v) is 7.02. The second-order valence-electron chi connectivity index (χ2n) is 4.98. The van der Waals surface area contributed by atoms with Crippen molar-refractivity contribution in [2.24, 2.45) is 0 Å². The summed E-state index contributed by atoms with van der Waals surface area (Å²) >= 11 is 6.04. The minimum absolute atomic E-state index is 0.00160. The molecule has 0 unspecified atom stereocenters. The van der Waals surface area contributed by atoms with E-state index in [1.165, 1.54) is 4.68 Å². The van der Waals surface area contributed by atoms with E-state index >= 15 is 0 Å². The van der Waals surface area contributed by atoms with Crippen molar-refractivity contribution >= 4 is 17.6 Å². The van der Waals surface area contributed by atoms with Gasteiger partial charge in [0.25, 0.3) is 0 Å². The molecule has 0 saturated heterocycles. The number of methoxy groups -OCH3 is 1. The lowest BCUT2D eigenvalue weighted by molar-refractivity contribution is 0.0687. The third kappa shape index (κ3) is 2.35. The van der Waals surface area contributed by atoms with Crippen LogP contribution in [0.15, 0.2) is 18.2 Å². The van der Waals surface area contributed by atoms with Crippen LogP contribution in [0.1, 0.15) is 41.4 Å². The molecule has 0 spiro atoms. The Labute approximate surface area is 126 Å². The lowest BCUT2D eigenvalue weighted by atomic mass is 9.82. The monoisotopic (exact) mass is 307 g/mol. The minimum Gasteiger partial charge on any atom is -0.494 e. The molecule has 110 valence electrons. The highest BCUT2D eigenvalue weighted by atomic mass is 35.5. The summed E-state index contributed by atoms with van der Waals surface area (Å²) in [6.07, 6.45) is 2.97. The van der Waals surface area contributed by atoms with Gasteiger partial charge < -0.3 is 9.84 Å². The number of carboxylic acids is 1. The van der Waals surface area contributed by atoms with E-state index in [1.807, 2.05) is 0 Å². The maximum atomic E-state index is 11.4. The summed E-state index contributed by atoms with van der Waals surface area (Å²) in [5, 5.41) is 17.7. The molecule has 1 aromatic carbocycles. The van der Waals surface area contributed by atoms with Gasteiger partial charge in [-0.2, -0.15) is 0 Å². The number of hydrogen-bond acceptors (Lipinski definition) is 4. The molecule has 1 aliphatic rings. The number of halogens is 1. The zero-order valence-corrected chi connectivity index (χ0v) is 12.2. The van der Waals surface area contributed by atoms with Gasteiger partial charge in [0, 0.05) is 10.9 Å². The molecule has 1 aromatic heterocycles. The fourth-order valence-electron chi connectivity index (χ4n) is 2.50. The predicted molar refractivity (Wildman–Crippen MR) is 76.5 cm³/mol. The molecule has 21 heavy (non-hydrogen) atoms. The number of carboxylic acid groups (broad SMARTS) is 1. The van der Waals surface area contributed by atoms with Crippen LogP contribution in [-0.2, 0) is 0 Å². The van der Waals surface area contributed by atoms with Crippen LogP contribution < -0.4 is 4.74 Å². The van der Waals surface area contributed by atoms with E-state index in [2.05, 4.69) is 10.3 Å². The van der Waals surface area contributed by atoms with Gasteiger partial charge >= 0.3 is 5.97 Å². The van der Waals surface area contributed by atoms with Gasteiger partial charge in [-0.05, 0) is 31.0 Å². The maximum Gasteiger partial charge on any atom is 0.358 e. The number of aromatic nitrogens is 3. The van der Waals surface area contributed by atoms with Crippen LogP contribution in [0.5, 0.6) is 5.75 Å². The van der Waals surface area contributed by atoms with E-state index in [0.29, 0.717) is 22.2 Å². The van der Waals surface area contributed by atoms with Crippen LogP contribution in [-0.4, -0.2) is 33.2 Å². The summed E-state index contributed by atoms with van der Waals surface area (Å²) in [6, 6.07) is 5.13. The van der Waals surface area contributed by atoms with Crippen molar-refractivity contribution in [2.75, 3.05) is 7.11 Å². The first kappa shape index (κ1) is 13.9. The number of ether oxygens (including phenoxy) is 1. The molecular formula is C14H14ClN3O3. The summed E-state index contributed by atoms with van der Waals surface area (Å²) in [5.74, 6) is -0.333. The quantitative estimate of drug-likeness (QED) is 0.939. The Morgan fingerprint density at radius 2 is 2.24 bits per heavy atom. The van der Waals surface area contributed by atoms with Crippen molar-refractivity contribution in [2.45, 2.75) is 25.2 Å². The average molecular weight is 308 g/mol. The molecule has 1 heterocycles. The summed E-state index contributed by atoms with van der Waals surface area (Å²) in [7, 11) is 1.55. The van der Waals surface area contributed by atoms with Crippen LogP contribution in [0.2, 0.25) is 5.02 Å². The molecule has 0 bridgehead atoms. The smallest absolute Gasteiger partial charge is 0.358 e. The highest BCUT2D eigenvalue weighted by molar-refractivity contribution is 6.30. The van der Waals surface area contributed by atoms with Gasteiger partial charge in [0.15, 0.2) is 5.69 Å². The molecule has 0 aliphatic heterocycles. The van der Waals surface area contributed by atoms with Gasteiger partial charge in [0.05, 0.1) is 12.8 Å². The Hall–Kier alpha value is -2.08. The average Bonchev–Trinajstić information content (AvgIpc) is 2.81. The molecule has 0 amide bonds. The molecule has 1 fully saturated rings. The Bertz CT molecular complexity index is 695. The van der Waals surface area contributed by atoms with Gasteiger partial charge in [0.2, 0.25) is 0 Å². The number of nitrogens with zero attached hydrogens (tertiary/aromatic N) is 3. The molecule has 6 nitrogen and oxygen atoms in total. The fourth-order valence-corrected chi connectivity index (χ4v) is 2.66. The Kier molecular flexibility index (Phi) is 3.55. The molecule has 2 aromatic rings. The molecule has 3 rings (SSSR count). The minimum atomic E-state index is -1.07. The number of hydrogen-bond donors (Lipinski definition) is 1. The molecule has 1 saturated carbocycles. The first-order chi connectivity index (χ1) is 10.1. The highest BCUT2D eigenvalue weighted by Gasteiger charge is 2.31. The summed E-state index contributed by atoms with van der Waals surface area (Å²) in [4.78, 5) is 11.4. The lowest BCUT2D eigenvalue weighted by Gasteiger charge is -2.26. The van der Waals surface area contributed by atoms with Gasteiger partial charge in [0.1, 0.15) is 11.4 Å². The summed E-state index contributed by atoms with van der Waals surface area (Å²) < 4.78 is 6.86. The third-order valence-corrected chi connectivity index (χ3v) is 4.00. The van der Waals surface area contributed by atoms with Crippen LogP contribution in [0.4, 0.5) is 0 Å². The molecule has 1 aliphatic carbocycles. The van der Waals surface area contributed by atoms with E-state index in [9.17, 15) is 9.90 Å². The number of aromatic carboxylic acids is 1. The number of benzene rings is 1. The Balaban J connectivity index is 2.18. The van der Waals surface area contributed by atoms with Gasteiger partial charge in [-0.3, -0.25) is 0 Å². The first-order valence-electron chi connectivity index (χ1n) is 6.64. The highest BCUT2D eigenvalue weighted by Crippen LogP contribution is 2.39. The molecule has 0 radical (unpaired) electrons. The normalized spacial score (nSPS) is 14.8. The lowest BCUT2D eigenvalue weighted by Crippen LogP contribution is -2.17. The summed E-state index contributed by atoms with van der Waals surface area (Å²) in [6.45, 7) is 0. The standard InChI is InChI=1S/C14H14ClN3O3/c1-21-11-6-5-9(15)7-10(11)18-13(8-3-2-4-8)12(14(19)20)16-17-18/h5-8H,2-4H2,1H3,(H,19,20). The SMILES string of the molecule is COc1ccc(Cl)cc1-n1nnc(C(=O)O)c1C1CCC1. The zero-order chi connectivity index (χ0) is 15.0. The molecule has 0 atom stereocenters. The topological polar surface area (TPSA) is 77.2 Å². The summed E-state index contributed by atoms with van der Waals surface area (Å²) in [5.41, 5.74) is 1.22. The Morgan fingerprint density at radius 1 is 1.48 bits per heavy atom. The van der Waals surface area contributed by atoms with E-state index < -0.39 is 5.97 Å². The molecule has 7 heteroatoms. The van der Waals surface area contributed by atoms with Crippen LogP contribution >= 0.6 is 11.6 Å². The van der Waals surface area contributed by atoms with Crippen LogP contribution in [0, 0.1) is 0 Å². The van der Waals surface area contributed by atoms with Crippen LogP contribution in [0.25, 0.3) is 5.69 Å². The van der Waals surface area contributed by atoms with Gasteiger partial charge in [-0.1, -0.05) is 23.2 Å². The second kappa shape index (κ2) is 5.37. The van der Waals surface area contributed by atoms with E-state index in [4.69, 9.17) is 16.3 Å². The van der Waals surface area contributed by atoms with Gasteiger partial charge in [-0.15, -0.1) is 5.10 Å². The van der Waals surface area contributed by atoms with E-state index in [-0.39, 0.29) is 11.6 Å².